The molecule has 36 heavy (non-hydrogen) atoms. The van der Waals surface area contributed by atoms with Crippen LogP contribution in [0.3, 0.4) is 0 Å². The summed E-state index contributed by atoms with van der Waals surface area (Å²) in [5.74, 6) is 0. The van der Waals surface area contributed by atoms with Gasteiger partial charge in [0.25, 0.3) is 12.5 Å². The van der Waals surface area contributed by atoms with Crippen molar-refractivity contribution in [2.24, 2.45) is 0 Å². The molecule has 0 spiro atoms. The molecule has 3 N–H and O–H groups in total. The summed E-state index contributed by atoms with van der Waals surface area (Å²) in [6, 6.07) is 0. The lowest BCUT2D eigenvalue weighted by Gasteiger charge is -2.44. The quantitative estimate of drug-likeness (QED) is 0.257. The fourth-order valence-electron chi connectivity index (χ4n) is 2.32. The molecule has 0 saturated heterocycles. The van der Waals surface area contributed by atoms with E-state index >= 15 is 0 Å². The Morgan fingerprint density at radius 2 is 1.44 bits per heavy atom. The maximum atomic E-state index is 13.7. The van der Waals surface area contributed by atoms with Crippen molar-refractivity contribution in [2.75, 3.05) is 26.2 Å². The first kappa shape index (κ1) is 29.2. The van der Waals surface area contributed by atoms with Crippen LogP contribution in [-0.2, 0) is 20.2 Å². The maximum absolute atomic E-state index is 13.7. The predicted octanol–water partition coefficient (Wildman–Crippen LogP) is 4.07. The lowest BCUT2D eigenvalue weighted by Crippen LogP contribution is -2.51. The minimum Gasteiger partial charge on any atom is -0.368 e. The number of nitrogens with one attached hydrogen (secondary N) is 1. The fourth-order valence-corrected chi connectivity index (χ4v) is 7.38. The minimum absolute atomic E-state index is 0.195. The molecule has 0 saturated carbocycles. The topological polar surface area (TPSA) is 117 Å². The van der Waals surface area contributed by atoms with E-state index in [9.17, 15) is 71.8 Å². The number of rotatable bonds is 11. The monoisotopic (exact) mass is 600 g/mol. The number of nitrogens with zero attached hydrogens (tertiary/aromatic N) is 3. The van der Waals surface area contributed by atoms with Gasteiger partial charge in [-0.2, -0.15) is 52.7 Å². The van der Waals surface area contributed by atoms with Crippen LogP contribution < -0.4 is 5.09 Å². The van der Waals surface area contributed by atoms with Gasteiger partial charge in [-0.25, -0.2) is 14.7 Å². The summed E-state index contributed by atoms with van der Waals surface area (Å²) in [4.78, 5) is 13.3. The zero-order valence-electron chi connectivity index (χ0n) is 19.0. The second-order valence-electron chi connectivity index (χ2n) is 6.71. The van der Waals surface area contributed by atoms with Gasteiger partial charge in [0.1, 0.15) is 13.1 Å². The summed E-state index contributed by atoms with van der Waals surface area (Å²) in [7, 11) is -14.5. The van der Waals surface area contributed by atoms with Gasteiger partial charge >= 0.3 is 32.3 Å². The van der Waals surface area contributed by atoms with E-state index in [1.54, 1.807) is 0 Å². The Bertz CT molecular complexity index is 1020. The zero-order chi connectivity index (χ0) is 30.2. The van der Waals surface area contributed by atoms with Crippen molar-refractivity contribution in [1.29, 1.82) is 0 Å². The van der Waals surface area contributed by atoms with E-state index < -0.39 is 82.2 Å². The van der Waals surface area contributed by atoms with Crippen LogP contribution in [0.2, 0.25) is 0 Å². The van der Waals surface area contributed by atoms with Gasteiger partial charge in [-0.05, 0) is 0 Å². The molecule has 0 radical (unpaired) electrons. The van der Waals surface area contributed by atoms with E-state index in [2.05, 4.69) is 9.51 Å². The van der Waals surface area contributed by atoms with Crippen LogP contribution in [0, 0.1) is 0 Å². The third-order valence-corrected chi connectivity index (χ3v) is 9.17. The molecule has 0 aromatic carbocycles. The molecule has 0 fully saturated rings. The van der Waals surface area contributed by atoms with Crippen molar-refractivity contribution in [3.05, 3.63) is 18.7 Å². The highest BCUT2D eigenvalue weighted by molar-refractivity contribution is 7.76. The first-order chi connectivity index (χ1) is 16.6. The Morgan fingerprint density at radius 3 is 1.81 bits per heavy atom. The Balaban J connectivity index is 4.14. The average molecular weight is 600 g/mol. The van der Waals surface area contributed by atoms with Crippen molar-refractivity contribution in [3.8, 4) is 0 Å². The Labute approximate surface area is 195 Å². The first-order valence-electron chi connectivity index (χ1n) is 9.64. The normalized spacial score (nSPS) is 20.3. The van der Waals surface area contributed by atoms with E-state index in [-0.39, 0.29) is 10.9 Å². The van der Waals surface area contributed by atoms with Gasteiger partial charge in [-0.3, -0.25) is 13.7 Å². The van der Waals surface area contributed by atoms with Crippen molar-refractivity contribution < 1.29 is 79.1 Å². The molecule has 1 rings (SSSR count). The van der Waals surface area contributed by atoms with Crippen LogP contribution >= 0.6 is 15.0 Å². The molecule has 1 heterocycles. The van der Waals surface area contributed by atoms with Crippen LogP contribution in [-0.4, -0.2) is 80.3 Å². The summed E-state index contributed by atoms with van der Waals surface area (Å²) >= 11 is 0. The molecule has 9 nitrogen and oxygen atoms in total. The summed E-state index contributed by atoms with van der Waals surface area (Å²) in [6.07, 6.45) is -22.1. The SMILES string of the molecule is [2H]C([2H])(n1ccnc1)C(O)(P(=O)(O)OCC(F)(F)F)P(=O)(NCC(F)(F)F)N(CC(F)(F)F)CC(F)(F)F. The van der Waals surface area contributed by atoms with E-state index in [1.165, 1.54) is 0 Å². The molecule has 0 aliphatic rings. The largest absolute Gasteiger partial charge is 0.412 e. The van der Waals surface area contributed by atoms with Gasteiger partial charge in [0.15, 0.2) is 6.61 Å². The van der Waals surface area contributed by atoms with E-state index in [1.807, 2.05) is 0 Å². The Hall–Kier alpha value is -1.37. The summed E-state index contributed by atoms with van der Waals surface area (Å²) in [5.41, 5.74) is 0. The fraction of sp³-hybridized carbons (Fsp3) is 0.769. The van der Waals surface area contributed by atoms with Crippen LogP contribution in [0.1, 0.15) is 2.74 Å². The molecule has 1 aromatic rings. The number of hydrogen-bond donors (Lipinski definition) is 3. The molecule has 1 aromatic heterocycles. The van der Waals surface area contributed by atoms with Gasteiger partial charge < -0.3 is 14.6 Å². The van der Waals surface area contributed by atoms with Crippen LogP contribution in [0.15, 0.2) is 18.7 Å². The highest BCUT2D eigenvalue weighted by atomic mass is 31.2. The standard InChI is InChI=1S/C13H16F12N4O5P2/c14-9(15,16)3-27-35(31,29(4-10(17,18)19)5-11(20,21)22)13(30,6-28-2-1-26-8-28)36(32,33)34-7-12(23,24)25/h1-2,8,30H,3-7H2,(H,27,31)(H,32,33)/i6D2. The molecular formula is C13H16F12N4O5P2. The van der Waals surface area contributed by atoms with Gasteiger partial charge in [-0.1, -0.05) is 0 Å². The number of aliphatic hydroxyl groups is 1. The molecule has 0 amide bonds. The molecule has 0 bridgehead atoms. The van der Waals surface area contributed by atoms with E-state index in [0.717, 1.165) is 0 Å². The Kier molecular flexibility index (Phi) is 8.74. The van der Waals surface area contributed by atoms with Gasteiger partial charge in [0, 0.05) is 12.4 Å². The van der Waals surface area contributed by atoms with Gasteiger partial charge in [0.05, 0.1) is 22.1 Å². The van der Waals surface area contributed by atoms with Crippen LogP contribution in [0.25, 0.3) is 0 Å². The number of halogens is 12. The van der Waals surface area contributed by atoms with Gasteiger partial charge in [0.2, 0.25) is 0 Å². The van der Waals surface area contributed by atoms with Crippen molar-refractivity contribution in [2.45, 2.75) is 36.3 Å². The Morgan fingerprint density at radius 1 is 0.944 bits per heavy atom. The summed E-state index contributed by atoms with van der Waals surface area (Å²) in [6.45, 7) is -16.7. The van der Waals surface area contributed by atoms with E-state index in [4.69, 9.17) is 2.74 Å². The third-order valence-electron chi connectivity index (χ3n) is 3.62. The van der Waals surface area contributed by atoms with Crippen LogP contribution in [0.4, 0.5) is 52.7 Å². The molecule has 0 aliphatic carbocycles. The highest BCUT2D eigenvalue weighted by Crippen LogP contribution is 2.74. The minimum atomic E-state index is -7.26. The smallest absolute Gasteiger partial charge is 0.368 e. The zero-order valence-corrected chi connectivity index (χ0v) is 18.7. The second-order valence-corrected chi connectivity index (χ2v) is 11.7. The average Bonchev–Trinajstić information content (AvgIpc) is 3.21. The lowest BCUT2D eigenvalue weighted by atomic mass is 10.5. The molecule has 212 valence electrons. The molecule has 0 aliphatic heterocycles. The van der Waals surface area contributed by atoms with E-state index in [0.29, 0.717) is 17.5 Å². The van der Waals surface area contributed by atoms with Crippen LogP contribution in [0.5, 0.6) is 0 Å². The van der Waals surface area contributed by atoms with Crippen molar-refractivity contribution in [3.63, 3.8) is 0 Å². The number of imidazole rings is 1. The molecule has 3 unspecified atom stereocenters. The molecule has 23 heteroatoms. The molecule has 3 atom stereocenters. The number of aromatic nitrogens is 2. The highest BCUT2D eigenvalue weighted by Gasteiger charge is 2.66. The van der Waals surface area contributed by atoms with Crippen molar-refractivity contribution in [1.82, 2.24) is 19.3 Å². The predicted molar refractivity (Wildman–Crippen MR) is 94.4 cm³/mol. The summed E-state index contributed by atoms with van der Waals surface area (Å²) < 4.78 is 200. The summed E-state index contributed by atoms with van der Waals surface area (Å²) in [5, 5.41) is 6.13. The molecular weight excluding hydrogens is 582 g/mol. The first-order valence-corrected chi connectivity index (χ1v) is 11.9. The lowest BCUT2D eigenvalue weighted by molar-refractivity contribution is -0.167. The maximum Gasteiger partial charge on any atom is 0.412 e. The van der Waals surface area contributed by atoms with Gasteiger partial charge in [-0.15, -0.1) is 0 Å². The van der Waals surface area contributed by atoms with Crippen molar-refractivity contribution >= 4 is 15.0 Å². The second kappa shape index (κ2) is 10.8. The number of hydrogen-bond acceptors (Lipinski definition) is 5. The third kappa shape index (κ3) is 9.50. The number of alkyl halides is 12.